The maximum atomic E-state index is 11.9. The summed E-state index contributed by atoms with van der Waals surface area (Å²) in [4.78, 5) is 24.1. The average Bonchev–Trinajstić information content (AvgIpc) is 3.14. The van der Waals surface area contributed by atoms with Gasteiger partial charge in [0.2, 0.25) is 0 Å². The second-order valence-electron chi connectivity index (χ2n) is 5.21. The molecule has 0 bridgehead atoms. The molecule has 18 heavy (non-hydrogen) atoms. The van der Waals surface area contributed by atoms with E-state index in [-0.39, 0.29) is 18.4 Å². The van der Waals surface area contributed by atoms with E-state index in [1.807, 2.05) is 18.7 Å². The topological polar surface area (TPSA) is 69.6 Å². The minimum atomic E-state index is -0.780. The zero-order chi connectivity index (χ0) is 13.5. The molecule has 2 N–H and O–H groups in total. The number of rotatable bonds is 8. The van der Waals surface area contributed by atoms with Crippen molar-refractivity contribution >= 4 is 12.0 Å². The Balaban J connectivity index is 2.18. The number of aliphatic carboxylic acids is 1. The number of carboxylic acids is 1. The number of carbonyl (C=O) groups excluding carboxylic acids is 1. The van der Waals surface area contributed by atoms with Gasteiger partial charge in [0.25, 0.3) is 0 Å². The van der Waals surface area contributed by atoms with Crippen LogP contribution in [0.5, 0.6) is 0 Å². The Hall–Kier alpha value is -1.26. The summed E-state index contributed by atoms with van der Waals surface area (Å²) in [6, 6.07) is -0.0217. The van der Waals surface area contributed by atoms with Crippen molar-refractivity contribution < 1.29 is 14.7 Å². The average molecular weight is 256 g/mol. The number of hydrogen-bond acceptors (Lipinski definition) is 2. The Morgan fingerprint density at radius 1 is 1.44 bits per heavy atom. The number of nitrogens with zero attached hydrogens (tertiary/aromatic N) is 1. The fourth-order valence-corrected chi connectivity index (χ4v) is 1.81. The first-order valence-electron chi connectivity index (χ1n) is 6.77. The molecule has 2 amide bonds. The van der Waals surface area contributed by atoms with Crippen LogP contribution in [0.4, 0.5) is 4.79 Å². The van der Waals surface area contributed by atoms with E-state index in [1.54, 1.807) is 0 Å². The van der Waals surface area contributed by atoms with Crippen LogP contribution >= 0.6 is 0 Å². The normalized spacial score (nSPS) is 16.1. The van der Waals surface area contributed by atoms with Crippen LogP contribution in [0.15, 0.2) is 0 Å². The third-order valence-corrected chi connectivity index (χ3v) is 3.30. The smallest absolute Gasteiger partial charge is 0.317 e. The second-order valence-corrected chi connectivity index (χ2v) is 5.21. The van der Waals surface area contributed by atoms with Crippen LogP contribution in [-0.4, -0.2) is 41.6 Å². The summed E-state index contributed by atoms with van der Waals surface area (Å²) < 4.78 is 0. The fraction of sp³-hybridized carbons (Fsp3) is 0.846. The Bertz CT molecular complexity index is 290. The first-order chi connectivity index (χ1) is 8.52. The minimum Gasteiger partial charge on any atom is -0.481 e. The number of urea groups is 1. The highest BCUT2D eigenvalue weighted by atomic mass is 16.4. The molecule has 0 aromatic carbocycles. The summed E-state index contributed by atoms with van der Waals surface area (Å²) in [5.41, 5.74) is 0. The van der Waals surface area contributed by atoms with E-state index < -0.39 is 5.97 Å². The van der Waals surface area contributed by atoms with Crippen LogP contribution in [0.2, 0.25) is 0 Å². The zero-order valence-electron chi connectivity index (χ0n) is 11.3. The van der Waals surface area contributed by atoms with E-state index in [1.165, 1.54) is 12.8 Å². The molecule has 5 heteroatoms. The van der Waals surface area contributed by atoms with Crippen molar-refractivity contribution in [3.05, 3.63) is 0 Å². The molecule has 104 valence electrons. The van der Waals surface area contributed by atoms with Crippen molar-refractivity contribution in [2.24, 2.45) is 11.8 Å². The fourth-order valence-electron chi connectivity index (χ4n) is 1.81. The first-order valence-corrected chi connectivity index (χ1v) is 6.77. The second kappa shape index (κ2) is 7.24. The predicted molar refractivity (Wildman–Crippen MR) is 69.4 cm³/mol. The highest BCUT2D eigenvalue weighted by Crippen LogP contribution is 2.29. The maximum absolute atomic E-state index is 11.9. The van der Waals surface area contributed by atoms with Crippen LogP contribution in [-0.2, 0) is 4.79 Å². The molecule has 5 nitrogen and oxygen atoms in total. The van der Waals surface area contributed by atoms with Gasteiger partial charge in [-0.05, 0) is 38.0 Å². The lowest BCUT2D eigenvalue weighted by Crippen LogP contribution is -2.42. The van der Waals surface area contributed by atoms with Crippen molar-refractivity contribution in [3.8, 4) is 0 Å². The number of carboxylic acid groups (broad SMARTS) is 1. The summed E-state index contributed by atoms with van der Waals surface area (Å²) in [6.07, 6.45) is 3.23. The molecule has 0 heterocycles. The summed E-state index contributed by atoms with van der Waals surface area (Å²) in [6.45, 7) is 6.07. The minimum absolute atomic E-state index is 0.0217. The summed E-state index contributed by atoms with van der Waals surface area (Å²) in [5, 5.41) is 11.5. The lowest BCUT2D eigenvalue weighted by atomic mass is 10.1. The molecule has 1 saturated carbocycles. The van der Waals surface area contributed by atoms with E-state index in [0.29, 0.717) is 18.9 Å². The van der Waals surface area contributed by atoms with Crippen molar-refractivity contribution in [2.45, 2.75) is 39.5 Å². The van der Waals surface area contributed by atoms with E-state index >= 15 is 0 Å². The predicted octanol–water partition coefficient (Wildman–Crippen LogP) is 1.93. The zero-order valence-corrected chi connectivity index (χ0v) is 11.3. The quantitative estimate of drug-likeness (QED) is 0.697. The van der Waals surface area contributed by atoms with Gasteiger partial charge in [-0.15, -0.1) is 0 Å². The van der Waals surface area contributed by atoms with Gasteiger partial charge in [-0.3, -0.25) is 4.79 Å². The van der Waals surface area contributed by atoms with Crippen LogP contribution in [0, 0.1) is 11.8 Å². The number of carbonyl (C=O) groups is 2. The SMILES string of the molecule is CCN(CC1CC1)C(=O)NCC(C)CCC(=O)O. The summed E-state index contributed by atoms with van der Waals surface area (Å²) in [5.74, 6) is 0.113. The van der Waals surface area contributed by atoms with E-state index in [2.05, 4.69) is 5.32 Å². The number of hydrogen-bond donors (Lipinski definition) is 2. The van der Waals surface area contributed by atoms with Crippen LogP contribution in [0.3, 0.4) is 0 Å². The molecule has 0 aliphatic heterocycles. The van der Waals surface area contributed by atoms with Crippen LogP contribution in [0.1, 0.15) is 39.5 Å². The Kier molecular flexibility index (Phi) is 5.95. The van der Waals surface area contributed by atoms with Crippen molar-refractivity contribution in [1.29, 1.82) is 0 Å². The van der Waals surface area contributed by atoms with Crippen LogP contribution < -0.4 is 5.32 Å². The van der Waals surface area contributed by atoms with Gasteiger partial charge in [0, 0.05) is 26.1 Å². The van der Waals surface area contributed by atoms with Gasteiger partial charge in [0.15, 0.2) is 0 Å². The summed E-state index contributed by atoms with van der Waals surface area (Å²) >= 11 is 0. The van der Waals surface area contributed by atoms with Gasteiger partial charge in [0.1, 0.15) is 0 Å². The molecule has 1 fully saturated rings. The van der Waals surface area contributed by atoms with Crippen molar-refractivity contribution in [3.63, 3.8) is 0 Å². The van der Waals surface area contributed by atoms with Gasteiger partial charge in [-0.25, -0.2) is 4.79 Å². The molecular formula is C13H24N2O3. The highest BCUT2D eigenvalue weighted by Gasteiger charge is 2.25. The molecule has 0 aromatic rings. The molecule has 1 rings (SSSR count). The van der Waals surface area contributed by atoms with Gasteiger partial charge in [-0.2, -0.15) is 0 Å². The molecule has 0 spiro atoms. The number of nitrogens with one attached hydrogen (secondary N) is 1. The summed E-state index contributed by atoms with van der Waals surface area (Å²) in [7, 11) is 0. The molecule has 0 aromatic heterocycles. The van der Waals surface area contributed by atoms with Gasteiger partial charge in [-0.1, -0.05) is 6.92 Å². The number of amides is 2. The van der Waals surface area contributed by atoms with Gasteiger partial charge >= 0.3 is 12.0 Å². The molecule has 1 atom stereocenters. The first kappa shape index (κ1) is 14.8. The van der Waals surface area contributed by atoms with Crippen molar-refractivity contribution in [2.75, 3.05) is 19.6 Å². The Morgan fingerprint density at radius 2 is 2.11 bits per heavy atom. The molecule has 0 radical (unpaired) electrons. The molecule has 1 aliphatic carbocycles. The third-order valence-electron chi connectivity index (χ3n) is 3.30. The van der Waals surface area contributed by atoms with E-state index in [4.69, 9.17) is 5.11 Å². The maximum Gasteiger partial charge on any atom is 0.317 e. The lowest BCUT2D eigenvalue weighted by Gasteiger charge is -2.22. The standard InChI is InChI=1S/C13H24N2O3/c1-3-15(9-11-5-6-11)13(18)14-8-10(2)4-7-12(16)17/h10-11H,3-9H2,1-2H3,(H,14,18)(H,16,17). The Labute approximate surface area is 109 Å². The highest BCUT2D eigenvalue weighted by molar-refractivity contribution is 5.74. The van der Waals surface area contributed by atoms with Gasteiger partial charge in [0.05, 0.1) is 0 Å². The van der Waals surface area contributed by atoms with Crippen molar-refractivity contribution in [1.82, 2.24) is 10.2 Å². The van der Waals surface area contributed by atoms with Crippen LogP contribution in [0.25, 0.3) is 0 Å². The molecular weight excluding hydrogens is 232 g/mol. The van der Waals surface area contributed by atoms with Gasteiger partial charge < -0.3 is 15.3 Å². The monoisotopic (exact) mass is 256 g/mol. The lowest BCUT2D eigenvalue weighted by molar-refractivity contribution is -0.137. The molecule has 1 aliphatic rings. The molecule has 0 saturated heterocycles. The Morgan fingerprint density at radius 3 is 2.61 bits per heavy atom. The van der Waals surface area contributed by atoms with E-state index in [9.17, 15) is 9.59 Å². The molecule has 1 unspecified atom stereocenters. The van der Waals surface area contributed by atoms with E-state index in [0.717, 1.165) is 13.1 Å². The largest absolute Gasteiger partial charge is 0.481 e. The third kappa shape index (κ3) is 5.89.